The Morgan fingerprint density at radius 2 is 1.41 bits per heavy atom. The minimum atomic E-state index is -7.22. The highest BCUT2D eigenvalue weighted by Crippen LogP contribution is 2.59. The number of carbonyl (C=O) groups excluding carboxylic acids is 2. The van der Waals surface area contributed by atoms with Crippen LogP contribution in [0.5, 0.6) is 0 Å². The van der Waals surface area contributed by atoms with Crippen LogP contribution in [0, 0.1) is 0 Å². The summed E-state index contributed by atoms with van der Waals surface area (Å²) >= 11 is 6.88. The first kappa shape index (κ1) is 35.2. The van der Waals surface area contributed by atoms with Crippen molar-refractivity contribution in [2.75, 3.05) is 15.1 Å². The molecule has 0 aliphatic rings. The summed E-state index contributed by atoms with van der Waals surface area (Å²) in [5.41, 5.74) is -13.5. The summed E-state index contributed by atoms with van der Waals surface area (Å²) in [5.74, 6) is -9.25. The van der Waals surface area contributed by atoms with Gasteiger partial charge in [-0.15, -0.1) is 0 Å². The van der Waals surface area contributed by atoms with Crippen molar-refractivity contribution in [3.05, 3.63) is 88.2 Å². The Hall–Kier alpha value is -3.29. The SMILES string of the molecule is CN(C(=O)c1cccnc1Cl)c1cccc(C(=O)N(I)c2ccc(C(F)(C(F)(F)F)C(F)(F)C(F)(F)F)cc2C(F)(F)F)c1. The summed E-state index contributed by atoms with van der Waals surface area (Å²) in [4.78, 5) is 30.7. The van der Waals surface area contributed by atoms with Crippen LogP contribution >= 0.6 is 34.5 Å². The largest absolute Gasteiger partial charge is 0.457 e. The number of amides is 2. The number of alkyl halides is 12. The number of carbonyl (C=O) groups is 2. The van der Waals surface area contributed by atoms with Gasteiger partial charge in [-0.1, -0.05) is 23.7 Å². The van der Waals surface area contributed by atoms with Gasteiger partial charge >= 0.3 is 30.1 Å². The van der Waals surface area contributed by atoms with Crippen LogP contribution in [-0.2, 0) is 11.8 Å². The average Bonchev–Trinajstić information content (AvgIpc) is 2.93. The van der Waals surface area contributed by atoms with Gasteiger partial charge in [-0.25, -0.2) is 12.5 Å². The lowest BCUT2D eigenvalue weighted by Crippen LogP contribution is -2.59. The van der Waals surface area contributed by atoms with Crippen molar-refractivity contribution >= 4 is 57.7 Å². The smallest absolute Gasteiger partial charge is 0.311 e. The third-order valence-electron chi connectivity index (χ3n) is 6.04. The lowest BCUT2D eigenvalue weighted by Gasteiger charge is -2.36. The third kappa shape index (κ3) is 6.27. The zero-order valence-electron chi connectivity index (χ0n) is 21.2. The molecule has 0 radical (unpaired) electrons. The van der Waals surface area contributed by atoms with Crippen LogP contribution in [0.25, 0.3) is 0 Å². The Bertz CT molecular complexity index is 1580. The molecule has 1 heterocycles. The van der Waals surface area contributed by atoms with E-state index in [1.807, 2.05) is 0 Å². The highest BCUT2D eigenvalue weighted by molar-refractivity contribution is 14.1. The van der Waals surface area contributed by atoms with E-state index in [0.29, 0.717) is 0 Å². The van der Waals surface area contributed by atoms with E-state index in [1.165, 1.54) is 37.5 Å². The molecule has 3 aromatic rings. The molecule has 238 valence electrons. The standard InChI is InChI=1S/C25H13ClF12IN3O2/c1-41(20(44)15-6-3-9-40-18(15)26)14-5-2-4-12(10-14)19(43)42(39)17-8-7-13(11-16(17)22(28,29)30)21(27,24(33,34)35)23(31,32)25(36,37)38/h2-11H,1H3. The Kier molecular flexibility index (Phi) is 9.52. The minimum absolute atomic E-state index is 0.00117. The monoisotopic (exact) mass is 777 g/mol. The third-order valence-corrected chi connectivity index (χ3v) is 7.30. The van der Waals surface area contributed by atoms with Crippen molar-refractivity contribution in [1.82, 2.24) is 4.98 Å². The summed E-state index contributed by atoms with van der Waals surface area (Å²) in [5, 5.41) is -0.172. The molecule has 44 heavy (non-hydrogen) atoms. The molecule has 0 bridgehead atoms. The molecular formula is C25H13ClF12IN3O2. The molecule has 0 saturated carbocycles. The minimum Gasteiger partial charge on any atom is -0.311 e. The first-order valence-corrected chi connectivity index (χ1v) is 12.7. The number of rotatable bonds is 6. The summed E-state index contributed by atoms with van der Waals surface area (Å²) in [6, 6.07) is 6.04. The fourth-order valence-electron chi connectivity index (χ4n) is 3.78. The molecule has 5 nitrogen and oxygen atoms in total. The van der Waals surface area contributed by atoms with E-state index in [-0.39, 0.29) is 31.6 Å². The summed E-state index contributed by atoms with van der Waals surface area (Å²) in [6.07, 6.45) is -18.7. The number of pyridine rings is 1. The molecule has 19 heteroatoms. The fourth-order valence-corrected chi connectivity index (χ4v) is 4.68. The van der Waals surface area contributed by atoms with Gasteiger partial charge in [0.1, 0.15) is 5.15 Å². The molecule has 1 aromatic heterocycles. The second kappa shape index (κ2) is 11.9. The Labute approximate surface area is 257 Å². The van der Waals surface area contributed by atoms with E-state index in [4.69, 9.17) is 11.6 Å². The van der Waals surface area contributed by atoms with Gasteiger partial charge < -0.3 is 4.90 Å². The number of nitrogens with zero attached hydrogens (tertiary/aromatic N) is 3. The topological polar surface area (TPSA) is 53.5 Å². The van der Waals surface area contributed by atoms with E-state index in [2.05, 4.69) is 4.98 Å². The first-order valence-electron chi connectivity index (χ1n) is 11.4. The molecule has 0 fully saturated rings. The molecule has 0 aliphatic heterocycles. The predicted molar refractivity (Wildman–Crippen MR) is 141 cm³/mol. The van der Waals surface area contributed by atoms with Crippen LogP contribution in [0.3, 0.4) is 0 Å². The normalized spacial score (nSPS) is 14.2. The lowest BCUT2D eigenvalue weighted by molar-refractivity contribution is -0.389. The van der Waals surface area contributed by atoms with Gasteiger partial charge in [0, 0.05) is 30.1 Å². The Balaban J connectivity index is 2.09. The van der Waals surface area contributed by atoms with Gasteiger partial charge in [0.15, 0.2) is 0 Å². The number of aromatic nitrogens is 1. The fraction of sp³-hybridized carbons (Fsp3) is 0.240. The molecule has 2 aromatic carbocycles. The van der Waals surface area contributed by atoms with Gasteiger partial charge in [0.2, 0.25) is 0 Å². The molecule has 1 atom stereocenters. The molecule has 0 saturated heterocycles. The molecular weight excluding hydrogens is 765 g/mol. The highest BCUT2D eigenvalue weighted by Gasteiger charge is 2.81. The van der Waals surface area contributed by atoms with Crippen LogP contribution < -0.4 is 8.01 Å². The molecule has 0 aliphatic carbocycles. The zero-order valence-corrected chi connectivity index (χ0v) is 24.1. The van der Waals surface area contributed by atoms with E-state index >= 15 is 0 Å². The first-order chi connectivity index (χ1) is 20.0. The van der Waals surface area contributed by atoms with Crippen molar-refractivity contribution in [2.45, 2.75) is 30.1 Å². The van der Waals surface area contributed by atoms with Gasteiger partial charge in [-0.3, -0.25) is 9.59 Å². The Morgan fingerprint density at radius 1 is 0.795 bits per heavy atom. The molecule has 1 unspecified atom stereocenters. The van der Waals surface area contributed by atoms with Crippen LogP contribution in [0.4, 0.5) is 64.1 Å². The van der Waals surface area contributed by atoms with Gasteiger partial charge in [0.25, 0.3) is 11.8 Å². The van der Waals surface area contributed by atoms with Crippen molar-refractivity contribution in [3.8, 4) is 0 Å². The molecule has 2 amide bonds. The van der Waals surface area contributed by atoms with E-state index in [1.54, 1.807) is 0 Å². The summed E-state index contributed by atoms with van der Waals surface area (Å²) in [7, 11) is 1.25. The van der Waals surface area contributed by atoms with Crippen LogP contribution in [0.15, 0.2) is 60.8 Å². The van der Waals surface area contributed by atoms with E-state index < -0.39 is 70.4 Å². The number of halogens is 14. The second-order valence-electron chi connectivity index (χ2n) is 8.80. The highest BCUT2D eigenvalue weighted by atomic mass is 127. The van der Waals surface area contributed by atoms with Gasteiger partial charge in [-0.2, -0.15) is 48.3 Å². The molecule has 0 N–H and O–H groups in total. The Morgan fingerprint density at radius 3 is 1.93 bits per heavy atom. The maximum atomic E-state index is 14.9. The number of benzene rings is 2. The zero-order chi connectivity index (χ0) is 33.6. The number of anilines is 2. The van der Waals surface area contributed by atoms with Gasteiger partial charge in [-0.05, 0) is 42.5 Å². The quantitative estimate of drug-likeness (QED) is 0.109. The van der Waals surface area contributed by atoms with E-state index in [9.17, 15) is 62.3 Å². The van der Waals surface area contributed by atoms with Crippen molar-refractivity contribution in [3.63, 3.8) is 0 Å². The number of hydrogen-bond acceptors (Lipinski definition) is 3. The van der Waals surface area contributed by atoms with Crippen molar-refractivity contribution < 1.29 is 62.3 Å². The van der Waals surface area contributed by atoms with Crippen molar-refractivity contribution in [2.24, 2.45) is 0 Å². The molecule has 3 rings (SSSR count). The predicted octanol–water partition coefficient (Wildman–Crippen LogP) is 8.95. The lowest BCUT2D eigenvalue weighted by atomic mass is 9.86. The molecule has 0 spiro atoms. The van der Waals surface area contributed by atoms with Crippen LogP contribution in [0.2, 0.25) is 5.15 Å². The van der Waals surface area contributed by atoms with Crippen LogP contribution in [-0.4, -0.2) is 42.1 Å². The van der Waals surface area contributed by atoms with Crippen LogP contribution in [0.1, 0.15) is 31.8 Å². The summed E-state index contributed by atoms with van der Waals surface area (Å²) in [6.45, 7) is 0. The number of hydrogen-bond donors (Lipinski definition) is 0. The van der Waals surface area contributed by atoms with E-state index in [0.717, 1.165) is 39.9 Å². The van der Waals surface area contributed by atoms with Crippen molar-refractivity contribution in [1.29, 1.82) is 0 Å². The average molecular weight is 778 g/mol. The van der Waals surface area contributed by atoms with Gasteiger partial charge in [0.05, 0.1) is 39.7 Å². The maximum absolute atomic E-state index is 14.9. The summed E-state index contributed by atoms with van der Waals surface area (Å²) < 4.78 is 163. The maximum Gasteiger partial charge on any atom is 0.457 e. The second-order valence-corrected chi connectivity index (χ2v) is 10.1.